The van der Waals surface area contributed by atoms with Crippen molar-refractivity contribution in [2.45, 2.75) is 12.6 Å². The lowest BCUT2D eigenvalue weighted by atomic mass is 10.1. The van der Waals surface area contributed by atoms with Gasteiger partial charge >= 0.3 is 0 Å². The lowest BCUT2D eigenvalue weighted by molar-refractivity contribution is 0.155. The number of fused-ring (bicyclic) bond motifs is 1. The number of benzene rings is 1. The van der Waals surface area contributed by atoms with Crippen molar-refractivity contribution in [1.82, 2.24) is 14.5 Å². The van der Waals surface area contributed by atoms with Crippen LogP contribution in [-0.4, -0.2) is 19.6 Å². The van der Waals surface area contributed by atoms with Crippen LogP contribution in [0, 0.1) is 0 Å². The van der Waals surface area contributed by atoms with Gasteiger partial charge in [-0.2, -0.15) is 0 Å². The van der Waals surface area contributed by atoms with Crippen LogP contribution in [0.15, 0.2) is 47.7 Å². The van der Waals surface area contributed by atoms with Crippen molar-refractivity contribution in [3.8, 4) is 0 Å². The number of hydrogen-bond donors (Lipinski definition) is 1. The fraction of sp³-hybridized carbons (Fsp3) is 0.133. The van der Waals surface area contributed by atoms with E-state index in [1.165, 1.54) is 10.9 Å². The first-order chi connectivity index (χ1) is 10.6. The number of aliphatic hydroxyl groups excluding tert-OH is 1. The Morgan fingerprint density at radius 2 is 2.05 bits per heavy atom. The Bertz CT molecular complexity index is 895. The minimum absolute atomic E-state index is 0.0245. The Balaban J connectivity index is 1.97. The first-order valence-corrected chi connectivity index (χ1v) is 7.25. The standard InChI is InChI=1S/C15H11Cl2N3O2/c16-9-3-4-12(17)11(6-9)13(21)7-20-8-19-14-10(15(20)22)2-1-5-18-14/h1-6,8,13,21H,7H2. The van der Waals surface area contributed by atoms with Gasteiger partial charge in [-0.25, -0.2) is 9.97 Å². The summed E-state index contributed by atoms with van der Waals surface area (Å²) in [5.41, 5.74) is 0.571. The zero-order valence-electron chi connectivity index (χ0n) is 11.3. The molecule has 5 nitrogen and oxygen atoms in total. The van der Waals surface area contributed by atoms with E-state index in [0.717, 1.165) is 0 Å². The van der Waals surface area contributed by atoms with Crippen LogP contribution in [0.25, 0.3) is 11.0 Å². The van der Waals surface area contributed by atoms with Crippen LogP contribution in [0.4, 0.5) is 0 Å². The normalized spacial score (nSPS) is 12.5. The van der Waals surface area contributed by atoms with Crippen molar-refractivity contribution in [1.29, 1.82) is 0 Å². The Hall–Kier alpha value is -1.95. The smallest absolute Gasteiger partial charge is 0.262 e. The van der Waals surface area contributed by atoms with Gasteiger partial charge < -0.3 is 5.11 Å². The number of halogens is 2. The predicted octanol–water partition coefficient (Wildman–Crippen LogP) is 2.83. The highest BCUT2D eigenvalue weighted by molar-refractivity contribution is 6.33. The number of nitrogens with zero attached hydrogens (tertiary/aromatic N) is 3. The second-order valence-electron chi connectivity index (χ2n) is 4.76. The third-order valence-corrected chi connectivity index (χ3v) is 3.86. The third-order valence-electron chi connectivity index (χ3n) is 3.28. The molecule has 0 bridgehead atoms. The molecule has 3 rings (SSSR count). The first kappa shape index (κ1) is 15.0. The highest BCUT2D eigenvalue weighted by atomic mass is 35.5. The van der Waals surface area contributed by atoms with E-state index in [0.29, 0.717) is 26.6 Å². The van der Waals surface area contributed by atoms with E-state index in [1.807, 2.05) is 0 Å². The fourth-order valence-electron chi connectivity index (χ4n) is 2.18. The van der Waals surface area contributed by atoms with Crippen LogP contribution >= 0.6 is 23.2 Å². The van der Waals surface area contributed by atoms with Gasteiger partial charge in [-0.1, -0.05) is 23.2 Å². The Morgan fingerprint density at radius 1 is 1.23 bits per heavy atom. The molecule has 1 unspecified atom stereocenters. The van der Waals surface area contributed by atoms with Gasteiger partial charge in [0, 0.05) is 21.8 Å². The largest absolute Gasteiger partial charge is 0.386 e. The second-order valence-corrected chi connectivity index (χ2v) is 5.60. The average molecular weight is 336 g/mol. The Labute approximate surface area is 135 Å². The van der Waals surface area contributed by atoms with Gasteiger partial charge in [0.05, 0.1) is 18.0 Å². The minimum Gasteiger partial charge on any atom is -0.386 e. The quantitative estimate of drug-likeness (QED) is 0.799. The fourth-order valence-corrected chi connectivity index (χ4v) is 2.61. The van der Waals surface area contributed by atoms with E-state index in [4.69, 9.17) is 23.2 Å². The minimum atomic E-state index is -0.972. The molecule has 0 aliphatic rings. The number of pyridine rings is 1. The monoisotopic (exact) mass is 335 g/mol. The summed E-state index contributed by atoms with van der Waals surface area (Å²) in [7, 11) is 0. The number of aromatic nitrogens is 3. The van der Waals surface area contributed by atoms with Crippen molar-refractivity contribution >= 4 is 34.2 Å². The second kappa shape index (κ2) is 6.04. The van der Waals surface area contributed by atoms with E-state index in [-0.39, 0.29) is 12.1 Å². The summed E-state index contributed by atoms with van der Waals surface area (Å²) < 4.78 is 1.33. The van der Waals surface area contributed by atoms with Gasteiger partial charge in [-0.15, -0.1) is 0 Å². The highest BCUT2D eigenvalue weighted by Crippen LogP contribution is 2.27. The summed E-state index contributed by atoms with van der Waals surface area (Å²) in [5.74, 6) is 0. The molecule has 0 aliphatic carbocycles. The Morgan fingerprint density at radius 3 is 2.86 bits per heavy atom. The van der Waals surface area contributed by atoms with E-state index in [9.17, 15) is 9.90 Å². The van der Waals surface area contributed by atoms with Gasteiger partial charge in [0.25, 0.3) is 5.56 Å². The van der Waals surface area contributed by atoms with Gasteiger partial charge in [0.15, 0.2) is 5.65 Å². The summed E-state index contributed by atoms with van der Waals surface area (Å²) in [5, 5.41) is 11.6. The van der Waals surface area contributed by atoms with E-state index >= 15 is 0 Å². The number of aliphatic hydroxyl groups is 1. The molecule has 22 heavy (non-hydrogen) atoms. The number of rotatable bonds is 3. The van der Waals surface area contributed by atoms with Crippen LogP contribution < -0.4 is 5.56 Å². The maximum Gasteiger partial charge on any atom is 0.262 e. The lowest BCUT2D eigenvalue weighted by Crippen LogP contribution is -2.24. The molecule has 0 saturated heterocycles. The highest BCUT2D eigenvalue weighted by Gasteiger charge is 2.15. The summed E-state index contributed by atoms with van der Waals surface area (Å²) >= 11 is 12.0. The molecule has 1 N–H and O–H groups in total. The third kappa shape index (κ3) is 2.83. The van der Waals surface area contributed by atoms with Crippen LogP contribution in [0.5, 0.6) is 0 Å². The summed E-state index contributed by atoms with van der Waals surface area (Å²) in [6.07, 6.45) is 1.96. The molecule has 3 aromatic rings. The van der Waals surface area contributed by atoms with Crippen LogP contribution in [0.2, 0.25) is 10.0 Å². The van der Waals surface area contributed by atoms with Crippen molar-refractivity contribution in [2.24, 2.45) is 0 Å². The van der Waals surface area contributed by atoms with Crippen molar-refractivity contribution < 1.29 is 5.11 Å². The van der Waals surface area contributed by atoms with Gasteiger partial charge in [-0.05, 0) is 30.3 Å². The number of hydrogen-bond acceptors (Lipinski definition) is 4. The maximum absolute atomic E-state index is 12.4. The zero-order valence-corrected chi connectivity index (χ0v) is 12.8. The molecule has 2 heterocycles. The molecule has 0 spiro atoms. The van der Waals surface area contributed by atoms with Crippen molar-refractivity contribution in [3.05, 3.63) is 68.8 Å². The molecule has 112 valence electrons. The van der Waals surface area contributed by atoms with Crippen molar-refractivity contribution in [3.63, 3.8) is 0 Å². The van der Waals surface area contributed by atoms with Crippen molar-refractivity contribution in [2.75, 3.05) is 0 Å². The van der Waals surface area contributed by atoms with Gasteiger partial charge in [-0.3, -0.25) is 9.36 Å². The molecule has 7 heteroatoms. The summed E-state index contributed by atoms with van der Waals surface area (Å²) in [4.78, 5) is 20.5. The molecule has 2 aromatic heterocycles. The van der Waals surface area contributed by atoms with E-state index < -0.39 is 6.10 Å². The lowest BCUT2D eigenvalue weighted by Gasteiger charge is -2.14. The SMILES string of the molecule is O=c1c2cccnc2ncn1CC(O)c1cc(Cl)ccc1Cl. The molecular formula is C15H11Cl2N3O2. The van der Waals surface area contributed by atoms with Crippen LogP contribution in [0.3, 0.4) is 0 Å². The maximum atomic E-state index is 12.4. The molecule has 1 atom stereocenters. The Kier molecular flexibility index (Phi) is 4.11. The van der Waals surface area contributed by atoms with Crippen LogP contribution in [0.1, 0.15) is 11.7 Å². The molecule has 0 radical (unpaired) electrons. The summed E-state index contributed by atoms with van der Waals surface area (Å²) in [6, 6.07) is 8.13. The molecule has 0 aliphatic heterocycles. The molecular weight excluding hydrogens is 325 g/mol. The van der Waals surface area contributed by atoms with Gasteiger partial charge in [0.2, 0.25) is 0 Å². The first-order valence-electron chi connectivity index (χ1n) is 6.49. The topological polar surface area (TPSA) is 68.0 Å². The zero-order chi connectivity index (χ0) is 15.7. The van der Waals surface area contributed by atoms with Gasteiger partial charge in [0.1, 0.15) is 6.33 Å². The predicted molar refractivity (Wildman–Crippen MR) is 85.2 cm³/mol. The molecule has 0 saturated carbocycles. The molecule has 0 amide bonds. The van der Waals surface area contributed by atoms with E-state index in [2.05, 4.69) is 9.97 Å². The van der Waals surface area contributed by atoms with E-state index in [1.54, 1.807) is 36.5 Å². The van der Waals surface area contributed by atoms with Crippen LogP contribution in [-0.2, 0) is 6.54 Å². The molecule has 1 aromatic carbocycles. The average Bonchev–Trinajstić information content (AvgIpc) is 2.52. The summed E-state index contributed by atoms with van der Waals surface area (Å²) in [6.45, 7) is 0.0245. The molecule has 0 fully saturated rings.